The molecule has 7 nitrogen and oxygen atoms in total. The molecule has 0 aliphatic rings. The van der Waals surface area contributed by atoms with Gasteiger partial charge in [-0.2, -0.15) is 0 Å². The van der Waals surface area contributed by atoms with E-state index in [1.165, 1.54) is 6.07 Å². The lowest BCUT2D eigenvalue weighted by Gasteiger charge is -2.01. The van der Waals surface area contributed by atoms with Gasteiger partial charge >= 0.3 is 11.9 Å². The third-order valence-electron chi connectivity index (χ3n) is 1.57. The molecule has 1 aromatic rings. The van der Waals surface area contributed by atoms with Gasteiger partial charge in [-0.1, -0.05) is 0 Å². The van der Waals surface area contributed by atoms with Gasteiger partial charge in [-0.15, -0.1) is 0 Å². The third kappa shape index (κ3) is 2.30. The molecule has 0 aliphatic heterocycles. The maximum atomic E-state index is 10.3. The highest BCUT2D eigenvalue weighted by molar-refractivity contribution is 5.73. The Kier molecular flexibility index (Phi) is 2.82. The molecular weight excluding hydrogens is 192 g/mol. The molecule has 1 rings (SSSR count). The molecular formula is C7H8N2O5. The first-order valence-electron chi connectivity index (χ1n) is 3.72. The first-order valence-corrected chi connectivity index (χ1v) is 3.72. The van der Waals surface area contributed by atoms with Crippen LogP contribution in [0.15, 0.2) is 16.5 Å². The van der Waals surface area contributed by atoms with Gasteiger partial charge in [0.25, 0.3) is 0 Å². The SMILES string of the molecule is NC(Cc1ccc([N+](=O)[O-])o1)C(=O)O. The van der Waals surface area contributed by atoms with Crippen LogP contribution in [0.4, 0.5) is 5.88 Å². The Morgan fingerprint density at radius 2 is 2.36 bits per heavy atom. The number of aliphatic carboxylic acids is 1. The van der Waals surface area contributed by atoms with E-state index in [0.29, 0.717) is 0 Å². The van der Waals surface area contributed by atoms with Gasteiger partial charge in [0.05, 0.1) is 6.07 Å². The average molecular weight is 200 g/mol. The van der Waals surface area contributed by atoms with Crippen molar-refractivity contribution < 1.29 is 19.2 Å². The fourth-order valence-corrected chi connectivity index (χ4v) is 0.878. The Labute approximate surface area is 78.3 Å². The van der Waals surface area contributed by atoms with Crippen molar-refractivity contribution in [1.82, 2.24) is 0 Å². The molecule has 0 amide bonds. The minimum atomic E-state index is -1.18. The molecule has 3 N–H and O–H groups in total. The zero-order valence-corrected chi connectivity index (χ0v) is 7.04. The van der Waals surface area contributed by atoms with Crippen molar-refractivity contribution in [3.8, 4) is 0 Å². The first kappa shape index (κ1) is 10.2. The monoisotopic (exact) mass is 200 g/mol. The van der Waals surface area contributed by atoms with E-state index in [1.807, 2.05) is 0 Å². The van der Waals surface area contributed by atoms with Crippen LogP contribution >= 0.6 is 0 Å². The van der Waals surface area contributed by atoms with Gasteiger partial charge in [0.1, 0.15) is 16.7 Å². The molecule has 0 saturated heterocycles. The molecule has 0 bridgehead atoms. The quantitative estimate of drug-likeness (QED) is 0.527. The number of nitrogens with zero attached hydrogens (tertiary/aromatic N) is 1. The van der Waals surface area contributed by atoms with Crippen LogP contribution in [0, 0.1) is 10.1 Å². The van der Waals surface area contributed by atoms with Crippen molar-refractivity contribution >= 4 is 11.9 Å². The number of nitrogens with two attached hydrogens (primary N) is 1. The number of furan rings is 1. The van der Waals surface area contributed by atoms with Gasteiger partial charge in [-0.25, -0.2) is 0 Å². The summed E-state index contributed by atoms with van der Waals surface area (Å²) >= 11 is 0. The van der Waals surface area contributed by atoms with Crippen molar-refractivity contribution in [1.29, 1.82) is 0 Å². The van der Waals surface area contributed by atoms with Crippen LogP contribution < -0.4 is 5.73 Å². The predicted octanol–water partition coefficient (Wildman–Crippen LogP) is 0.142. The van der Waals surface area contributed by atoms with Gasteiger partial charge in [-0.3, -0.25) is 14.9 Å². The maximum Gasteiger partial charge on any atom is 0.433 e. The number of nitro groups is 1. The van der Waals surface area contributed by atoms with E-state index in [1.54, 1.807) is 0 Å². The Morgan fingerprint density at radius 3 is 2.79 bits per heavy atom. The Hall–Kier alpha value is -1.89. The lowest BCUT2D eigenvalue weighted by molar-refractivity contribution is -0.402. The molecule has 0 aromatic carbocycles. The Balaban J connectivity index is 2.69. The van der Waals surface area contributed by atoms with Crippen molar-refractivity contribution in [3.05, 3.63) is 28.0 Å². The zero-order valence-electron chi connectivity index (χ0n) is 7.04. The number of carbonyl (C=O) groups is 1. The van der Waals surface area contributed by atoms with Crippen molar-refractivity contribution in [2.75, 3.05) is 0 Å². The van der Waals surface area contributed by atoms with Gasteiger partial charge in [0.2, 0.25) is 0 Å². The predicted molar refractivity (Wildman–Crippen MR) is 44.7 cm³/mol. The summed E-state index contributed by atoms with van der Waals surface area (Å²) in [5, 5.41) is 18.7. The van der Waals surface area contributed by atoms with Crippen LogP contribution in [0.1, 0.15) is 5.76 Å². The molecule has 1 unspecified atom stereocenters. The van der Waals surface area contributed by atoms with Gasteiger partial charge in [0.15, 0.2) is 0 Å². The second-order valence-corrected chi connectivity index (χ2v) is 2.65. The van der Waals surface area contributed by atoms with E-state index in [0.717, 1.165) is 6.07 Å². The highest BCUT2D eigenvalue weighted by Crippen LogP contribution is 2.16. The summed E-state index contributed by atoms with van der Waals surface area (Å²) in [5.74, 6) is -1.41. The largest absolute Gasteiger partial charge is 0.480 e. The second-order valence-electron chi connectivity index (χ2n) is 2.65. The molecule has 14 heavy (non-hydrogen) atoms. The molecule has 7 heteroatoms. The van der Waals surface area contributed by atoms with Gasteiger partial charge < -0.3 is 15.3 Å². The molecule has 1 atom stereocenters. The van der Waals surface area contributed by atoms with E-state index in [4.69, 9.17) is 15.3 Å². The normalized spacial score (nSPS) is 12.4. The fourth-order valence-electron chi connectivity index (χ4n) is 0.878. The standard InChI is InChI=1S/C7H8N2O5/c8-5(7(10)11)3-4-1-2-6(14-4)9(12)13/h1-2,5H,3,8H2,(H,10,11). The minimum Gasteiger partial charge on any atom is -0.480 e. The molecule has 0 fully saturated rings. The van der Waals surface area contributed by atoms with Crippen LogP contribution in [0.2, 0.25) is 0 Å². The summed E-state index contributed by atoms with van der Waals surface area (Å²) in [5.41, 5.74) is 5.20. The summed E-state index contributed by atoms with van der Waals surface area (Å²) in [6.45, 7) is 0. The third-order valence-corrected chi connectivity index (χ3v) is 1.57. The Bertz CT molecular complexity index is 359. The fraction of sp³-hybridized carbons (Fsp3) is 0.286. The lowest BCUT2D eigenvalue weighted by Crippen LogP contribution is -2.32. The zero-order chi connectivity index (χ0) is 10.7. The second kappa shape index (κ2) is 3.88. The van der Waals surface area contributed by atoms with Crippen molar-refractivity contribution in [2.24, 2.45) is 5.73 Å². The van der Waals surface area contributed by atoms with E-state index in [2.05, 4.69) is 0 Å². The topological polar surface area (TPSA) is 120 Å². The van der Waals surface area contributed by atoms with Crippen LogP contribution in [0.25, 0.3) is 0 Å². The average Bonchev–Trinajstić information content (AvgIpc) is 2.52. The van der Waals surface area contributed by atoms with Gasteiger partial charge in [0, 0.05) is 6.42 Å². The van der Waals surface area contributed by atoms with Gasteiger partial charge in [-0.05, 0) is 6.07 Å². The maximum absolute atomic E-state index is 10.3. The lowest BCUT2D eigenvalue weighted by atomic mass is 10.2. The molecule has 1 heterocycles. The van der Waals surface area contributed by atoms with Crippen molar-refractivity contribution in [2.45, 2.75) is 12.5 Å². The molecule has 0 radical (unpaired) electrons. The van der Waals surface area contributed by atoms with Crippen LogP contribution in [0.5, 0.6) is 0 Å². The minimum absolute atomic E-state index is 0.0663. The number of carboxylic acid groups (broad SMARTS) is 1. The molecule has 0 spiro atoms. The smallest absolute Gasteiger partial charge is 0.433 e. The Morgan fingerprint density at radius 1 is 1.71 bits per heavy atom. The molecule has 0 aliphatic carbocycles. The highest BCUT2D eigenvalue weighted by atomic mass is 16.6. The number of carboxylic acids is 1. The first-order chi connectivity index (χ1) is 6.50. The van der Waals surface area contributed by atoms with E-state index >= 15 is 0 Å². The number of hydrogen-bond acceptors (Lipinski definition) is 5. The summed E-state index contributed by atoms with van der Waals surface area (Å²) in [7, 11) is 0. The van der Waals surface area contributed by atoms with Crippen LogP contribution in [-0.2, 0) is 11.2 Å². The van der Waals surface area contributed by atoms with Crippen molar-refractivity contribution in [3.63, 3.8) is 0 Å². The molecule has 0 saturated carbocycles. The number of rotatable bonds is 4. The summed E-state index contributed by atoms with van der Waals surface area (Å²) in [6.07, 6.45) is -0.0663. The number of hydrogen-bond donors (Lipinski definition) is 2. The molecule has 1 aromatic heterocycles. The summed E-state index contributed by atoms with van der Waals surface area (Å²) in [4.78, 5) is 19.8. The molecule has 76 valence electrons. The summed E-state index contributed by atoms with van der Waals surface area (Å²) in [6, 6.07) is 1.38. The van der Waals surface area contributed by atoms with E-state index in [9.17, 15) is 14.9 Å². The van der Waals surface area contributed by atoms with E-state index < -0.39 is 22.8 Å². The van der Waals surface area contributed by atoms with E-state index in [-0.39, 0.29) is 12.2 Å². The van der Waals surface area contributed by atoms with Crippen LogP contribution in [-0.4, -0.2) is 22.0 Å². The van der Waals surface area contributed by atoms with Crippen LogP contribution in [0.3, 0.4) is 0 Å². The summed E-state index contributed by atoms with van der Waals surface area (Å²) < 4.78 is 4.72. The highest BCUT2D eigenvalue weighted by Gasteiger charge is 2.17.